The van der Waals surface area contributed by atoms with Crippen LogP contribution in [0, 0.1) is 56.7 Å². The third-order valence-electron chi connectivity index (χ3n) is 5.93. The Labute approximate surface area is 160 Å². The van der Waals surface area contributed by atoms with Gasteiger partial charge in [-0.25, -0.2) is 0 Å². The van der Waals surface area contributed by atoms with E-state index in [9.17, 15) is 15.8 Å². The van der Waals surface area contributed by atoms with Crippen molar-refractivity contribution < 1.29 is 0 Å². The molecule has 1 heterocycles. The number of nitrogens with zero attached hydrogens (tertiary/aromatic N) is 4. The minimum absolute atomic E-state index is 0.0833. The van der Waals surface area contributed by atoms with Crippen molar-refractivity contribution in [3.8, 4) is 18.2 Å². The minimum Gasteiger partial charge on any atom is -0.305 e. The minimum atomic E-state index is -1.63. The molecule has 1 N–H and O–H groups in total. The van der Waals surface area contributed by atoms with E-state index in [1.165, 1.54) is 5.56 Å². The first-order chi connectivity index (χ1) is 12.9. The molecule has 1 aliphatic carbocycles. The van der Waals surface area contributed by atoms with Crippen molar-refractivity contribution in [1.29, 1.82) is 21.2 Å². The van der Waals surface area contributed by atoms with Crippen molar-refractivity contribution in [2.75, 3.05) is 20.1 Å². The van der Waals surface area contributed by atoms with Gasteiger partial charge in [0.25, 0.3) is 0 Å². The number of hydrogen-bond donors (Lipinski definition) is 1. The highest BCUT2D eigenvalue weighted by atomic mass is 15.1. The van der Waals surface area contributed by atoms with Gasteiger partial charge in [0.05, 0.1) is 23.9 Å². The number of nitrogens with one attached hydrogen (secondary N) is 1. The Morgan fingerprint density at radius 1 is 1.15 bits per heavy atom. The molecule has 1 aromatic carbocycles. The number of fused-ring (bicyclic) bond motifs is 1. The second-order valence-corrected chi connectivity index (χ2v) is 7.84. The highest BCUT2D eigenvalue weighted by molar-refractivity contribution is 6.00. The van der Waals surface area contributed by atoms with E-state index in [0.717, 1.165) is 11.1 Å². The second kappa shape index (κ2) is 6.99. The molecular weight excluding hydrogens is 334 g/mol. The zero-order chi connectivity index (χ0) is 19.8. The van der Waals surface area contributed by atoms with Gasteiger partial charge < -0.3 is 10.3 Å². The Morgan fingerprint density at radius 2 is 1.78 bits per heavy atom. The van der Waals surface area contributed by atoms with Crippen LogP contribution in [0.5, 0.6) is 0 Å². The lowest BCUT2D eigenvalue weighted by Crippen LogP contribution is -2.52. The summed E-state index contributed by atoms with van der Waals surface area (Å²) in [6, 6.07) is 14.5. The third-order valence-corrected chi connectivity index (χ3v) is 5.93. The summed E-state index contributed by atoms with van der Waals surface area (Å²) in [4.78, 5) is 2.13. The molecule has 1 aromatic rings. The van der Waals surface area contributed by atoms with Crippen molar-refractivity contribution in [3.63, 3.8) is 0 Å². The van der Waals surface area contributed by atoms with Gasteiger partial charge in [0.2, 0.25) is 0 Å². The third kappa shape index (κ3) is 2.84. The molecule has 27 heavy (non-hydrogen) atoms. The summed E-state index contributed by atoms with van der Waals surface area (Å²) < 4.78 is 0. The fourth-order valence-electron chi connectivity index (χ4n) is 4.42. The van der Waals surface area contributed by atoms with Gasteiger partial charge in [-0.3, -0.25) is 0 Å². The highest BCUT2D eigenvalue weighted by Gasteiger charge is 2.57. The van der Waals surface area contributed by atoms with Crippen LogP contribution in [0.1, 0.15) is 36.8 Å². The summed E-state index contributed by atoms with van der Waals surface area (Å²) in [5, 5.41) is 38.3. The Bertz CT molecular complexity index is 890. The van der Waals surface area contributed by atoms with E-state index in [1.807, 2.05) is 37.4 Å². The number of rotatable bonds is 2. The summed E-state index contributed by atoms with van der Waals surface area (Å²) in [7, 11) is 1.99. The zero-order valence-electron chi connectivity index (χ0n) is 15.9. The number of benzene rings is 1. The predicted molar refractivity (Wildman–Crippen MR) is 103 cm³/mol. The molecule has 2 aliphatic rings. The molecule has 136 valence electrons. The smallest absolute Gasteiger partial charge is 0.189 e. The summed E-state index contributed by atoms with van der Waals surface area (Å²) in [6.45, 7) is 5.62. The van der Waals surface area contributed by atoms with Gasteiger partial charge in [0.1, 0.15) is 5.92 Å². The lowest BCUT2D eigenvalue weighted by Gasteiger charge is -2.47. The molecule has 0 unspecified atom stereocenters. The van der Waals surface area contributed by atoms with Gasteiger partial charge in [0, 0.05) is 24.9 Å². The maximum absolute atomic E-state index is 10.0. The molecular formula is C22H23N5. The van der Waals surface area contributed by atoms with Gasteiger partial charge in [-0.15, -0.1) is 0 Å². The number of hydrogen-bond acceptors (Lipinski definition) is 5. The monoisotopic (exact) mass is 357 g/mol. The zero-order valence-corrected chi connectivity index (χ0v) is 15.9. The van der Waals surface area contributed by atoms with Crippen LogP contribution in [0.4, 0.5) is 0 Å². The standard InChI is InChI=1S/C22H23N5/c1-14(2)15-4-6-16(7-5-15)20-19-11-27(3)9-8-17(19)18(10-23)21(26)22(20,12-24)13-25/h4-8,14,18-20,26H,9,11H2,1-3H3/t18-,19-,20+/m1/s1. The molecule has 3 rings (SSSR count). The fourth-order valence-corrected chi connectivity index (χ4v) is 4.42. The molecule has 3 atom stereocenters. The SMILES string of the molecule is CC(C)c1ccc([C@H]2[C@@H]3CN(C)CC=C3[C@@H](C#N)C(=N)C2(C#N)C#N)cc1. The van der Waals surface area contributed by atoms with Crippen molar-refractivity contribution in [3.05, 3.63) is 47.0 Å². The molecule has 5 nitrogen and oxygen atoms in total. The van der Waals surface area contributed by atoms with E-state index in [-0.39, 0.29) is 11.6 Å². The Morgan fingerprint density at radius 3 is 2.30 bits per heavy atom. The molecule has 0 saturated heterocycles. The summed E-state index contributed by atoms with van der Waals surface area (Å²) in [5.74, 6) is -1.000. The lowest BCUT2D eigenvalue weighted by molar-refractivity contribution is 0.235. The maximum atomic E-state index is 10.0. The summed E-state index contributed by atoms with van der Waals surface area (Å²) in [5.41, 5.74) is 1.25. The molecule has 1 saturated carbocycles. The molecule has 0 amide bonds. The van der Waals surface area contributed by atoms with Crippen molar-refractivity contribution in [2.24, 2.45) is 17.3 Å². The van der Waals surface area contributed by atoms with Crippen LogP contribution in [-0.4, -0.2) is 30.7 Å². The van der Waals surface area contributed by atoms with Crippen LogP contribution in [-0.2, 0) is 0 Å². The molecule has 1 fully saturated rings. The molecule has 0 spiro atoms. The summed E-state index contributed by atoms with van der Waals surface area (Å²) >= 11 is 0. The molecule has 5 heteroatoms. The van der Waals surface area contributed by atoms with Gasteiger partial charge in [-0.05, 0) is 29.7 Å². The predicted octanol–water partition coefficient (Wildman–Crippen LogP) is 3.59. The van der Waals surface area contributed by atoms with E-state index >= 15 is 0 Å². The van der Waals surface area contributed by atoms with Crippen LogP contribution in [0.15, 0.2) is 35.9 Å². The van der Waals surface area contributed by atoms with Crippen LogP contribution < -0.4 is 0 Å². The quantitative estimate of drug-likeness (QED) is 0.818. The Hall–Kier alpha value is -2.94. The van der Waals surface area contributed by atoms with E-state index in [1.54, 1.807) is 0 Å². The van der Waals surface area contributed by atoms with Gasteiger partial charge in [0.15, 0.2) is 5.41 Å². The lowest BCUT2D eigenvalue weighted by atomic mass is 9.54. The van der Waals surface area contributed by atoms with Gasteiger partial charge >= 0.3 is 0 Å². The van der Waals surface area contributed by atoms with Crippen LogP contribution in [0.2, 0.25) is 0 Å². The van der Waals surface area contributed by atoms with E-state index in [2.05, 4.69) is 37.0 Å². The first-order valence-corrected chi connectivity index (χ1v) is 9.19. The summed E-state index contributed by atoms with van der Waals surface area (Å²) in [6.07, 6.45) is 2.00. The van der Waals surface area contributed by atoms with E-state index in [4.69, 9.17) is 5.41 Å². The average molecular weight is 357 g/mol. The largest absolute Gasteiger partial charge is 0.305 e. The van der Waals surface area contributed by atoms with Gasteiger partial charge in [-0.1, -0.05) is 44.2 Å². The normalized spacial score (nSPS) is 27.1. The Balaban J connectivity index is 2.21. The van der Waals surface area contributed by atoms with Crippen molar-refractivity contribution in [2.45, 2.75) is 25.7 Å². The molecule has 0 radical (unpaired) electrons. The average Bonchev–Trinajstić information content (AvgIpc) is 2.67. The fraction of sp³-hybridized carbons (Fsp3) is 0.455. The van der Waals surface area contributed by atoms with E-state index in [0.29, 0.717) is 19.0 Å². The Kier molecular flexibility index (Phi) is 4.88. The highest BCUT2D eigenvalue weighted by Crippen LogP contribution is 2.53. The maximum Gasteiger partial charge on any atom is 0.189 e. The molecule has 0 bridgehead atoms. The van der Waals surface area contributed by atoms with Crippen LogP contribution >= 0.6 is 0 Å². The molecule has 0 aromatic heterocycles. The topological polar surface area (TPSA) is 98.5 Å². The van der Waals surface area contributed by atoms with Gasteiger partial charge in [-0.2, -0.15) is 15.8 Å². The number of nitriles is 3. The second-order valence-electron chi connectivity index (χ2n) is 7.84. The first-order valence-electron chi connectivity index (χ1n) is 9.19. The number of likely N-dealkylation sites (N-methyl/N-ethyl adjacent to an activating group) is 1. The first kappa shape index (κ1) is 18.8. The van der Waals surface area contributed by atoms with Crippen molar-refractivity contribution >= 4 is 5.71 Å². The van der Waals surface area contributed by atoms with Crippen molar-refractivity contribution in [1.82, 2.24) is 4.90 Å². The van der Waals surface area contributed by atoms with Crippen LogP contribution in [0.3, 0.4) is 0 Å². The van der Waals surface area contributed by atoms with Crippen LogP contribution in [0.25, 0.3) is 0 Å². The van der Waals surface area contributed by atoms with E-state index < -0.39 is 17.3 Å². The molecule has 1 aliphatic heterocycles.